The van der Waals surface area contributed by atoms with Crippen LogP contribution in [0.3, 0.4) is 0 Å². The number of amides is 2. The van der Waals surface area contributed by atoms with Crippen molar-refractivity contribution in [3.63, 3.8) is 0 Å². The largest absolute Gasteiger partial charge is 0.326 e. The van der Waals surface area contributed by atoms with Crippen LogP contribution in [-0.2, 0) is 25.4 Å². The Kier molecular flexibility index (Phi) is 7.88. The molecule has 7 nitrogen and oxygen atoms in total. The summed E-state index contributed by atoms with van der Waals surface area (Å²) in [5, 5.41) is 5.38. The quantitative estimate of drug-likeness (QED) is 0.434. The molecule has 0 fully saturated rings. The van der Waals surface area contributed by atoms with Gasteiger partial charge in [0.25, 0.3) is 0 Å². The van der Waals surface area contributed by atoms with Crippen LogP contribution in [0.4, 0.5) is 11.4 Å². The average molecular weight is 413 g/mol. The zero-order valence-electron chi connectivity index (χ0n) is 16.0. The third-order valence-corrected chi connectivity index (χ3v) is 5.00. The highest BCUT2D eigenvalue weighted by atomic mass is 32.2. The molecule has 0 radical (unpaired) electrons. The Hall–Kier alpha value is -3.23. The van der Waals surface area contributed by atoms with Crippen molar-refractivity contribution in [2.24, 2.45) is 0 Å². The number of benzene rings is 2. The van der Waals surface area contributed by atoms with Gasteiger partial charge in [0.2, 0.25) is 21.8 Å². The normalized spacial score (nSPS) is 11.2. The summed E-state index contributed by atoms with van der Waals surface area (Å²) in [6, 6.07) is 13.6. The summed E-state index contributed by atoms with van der Waals surface area (Å²) in [5.41, 5.74) is 2.65. The van der Waals surface area contributed by atoms with Crippen molar-refractivity contribution in [1.29, 1.82) is 0 Å². The lowest BCUT2D eigenvalue weighted by Crippen LogP contribution is -2.25. The van der Waals surface area contributed by atoms with E-state index in [1.807, 2.05) is 0 Å². The molecule has 0 unspecified atom stereocenters. The van der Waals surface area contributed by atoms with Gasteiger partial charge in [-0.25, -0.2) is 13.1 Å². The molecule has 0 bridgehead atoms. The Balaban J connectivity index is 1.91. The molecule has 0 saturated carbocycles. The third kappa shape index (κ3) is 8.12. The first-order valence-electron chi connectivity index (χ1n) is 8.81. The van der Waals surface area contributed by atoms with E-state index in [2.05, 4.69) is 21.9 Å². The highest BCUT2D eigenvalue weighted by Gasteiger charge is 2.10. The van der Waals surface area contributed by atoms with Gasteiger partial charge in [0.1, 0.15) is 0 Å². The van der Waals surface area contributed by atoms with E-state index in [4.69, 9.17) is 0 Å². The van der Waals surface area contributed by atoms with E-state index in [0.717, 1.165) is 5.56 Å². The predicted octanol–water partition coefficient (Wildman–Crippen LogP) is 2.90. The molecule has 0 aliphatic heterocycles. The lowest BCUT2D eigenvalue weighted by molar-refractivity contribution is -0.114. The van der Waals surface area contributed by atoms with Crippen LogP contribution in [0.1, 0.15) is 18.1 Å². The molecular formula is C21H23N3O4S. The number of nitrogens with one attached hydrogen (secondary N) is 3. The minimum Gasteiger partial charge on any atom is -0.326 e. The molecule has 152 valence electrons. The van der Waals surface area contributed by atoms with Gasteiger partial charge in [-0.2, -0.15) is 0 Å². The summed E-state index contributed by atoms with van der Waals surface area (Å²) in [7, 11) is -3.42. The van der Waals surface area contributed by atoms with E-state index in [-0.39, 0.29) is 24.1 Å². The van der Waals surface area contributed by atoms with Gasteiger partial charge in [0.05, 0.1) is 5.75 Å². The SMILES string of the molecule is C=CCNS(=O)(=O)Cc1ccc(NC(=O)/C=C/c2ccc(NC(C)=O)cc2)cc1. The number of sulfonamides is 1. The number of rotatable bonds is 9. The van der Waals surface area contributed by atoms with E-state index < -0.39 is 10.0 Å². The highest BCUT2D eigenvalue weighted by molar-refractivity contribution is 7.88. The molecule has 2 amide bonds. The van der Waals surface area contributed by atoms with Gasteiger partial charge >= 0.3 is 0 Å². The molecule has 8 heteroatoms. The molecule has 0 aliphatic rings. The van der Waals surface area contributed by atoms with Crippen LogP contribution in [0.2, 0.25) is 0 Å². The molecule has 3 N–H and O–H groups in total. The second-order valence-corrected chi connectivity index (χ2v) is 8.03. The fraction of sp³-hybridized carbons (Fsp3) is 0.143. The first-order chi connectivity index (χ1) is 13.8. The van der Waals surface area contributed by atoms with Crippen LogP contribution < -0.4 is 15.4 Å². The summed E-state index contributed by atoms with van der Waals surface area (Å²) >= 11 is 0. The summed E-state index contributed by atoms with van der Waals surface area (Å²) in [4.78, 5) is 23.1. The lowest BCUT2D eigenvalue weighted by Gasteiger charge is -2.06. The fourth-order valence-corrected chi connectivity index (χ4v) is 3.48. The molecule has 0 heterocycles. The Morgan fingerprint density at radius 2 is 1.55 bits per heavy atom. The lowest BCUT2D eigenvalue weighted by atomic mass is 10.2. The number of carbonyl (C=O) groups excluding carboxylic acids is 2. The topological polar surface area (TPSA) is 104 Å². The van der Waals surface area contributed by atoms with Crippen LogP contribution >= 0.6 is 0 Å². The van der Waals surface area contributed by atoms with Crippen molar-refractivity contribution in [3.8, 4) is 0 Å². The van der Waals surface area contributed by atoms with Gasteiger partial charge in [-0.05, 0) is 41.5 Å². The van der Waals surface area contributed by atoms with Crippen molar-refractivity contribution < 1.29 is 18.0 Å². The van der Waals surface area contributed by atoms with E-state index in [0.29, 0.717) is 16.9 Å². The Bertz CT molecular complexity index is 995. The maximum absolute atomic E-state index is 12.1. The minimum atomic E-state index is -3.42. The average Bonchev–Trinajstić information content (AvgIpc) is 2.67. The van der Waals surface area contributed by atoms with Gasteiger partial charge < -0.3 is 10.6 Å². The van der Waals surface area contributed by atoms with E-state index in [9.17, 15) is 18.0 Å². The number of hydrogen-bond acceptors (Lipinski definition) is 4. The van der Waals surface area contributed by atoms with E-state index in [1.54, 1.807) is 54.6 Å². The summed E-state index contributed by atoms with van der Waals surface area (Å²) in [5.74, 6) is -0.614. The van der Waals surface area contributed by atoms with Gasteiger partial charge in [0.15, 0.2) is 0 Å². The third-order valence-electron chi connectivity index (χ3n) is 3.68. The molecule has 0 aliphatic carbocycles. The molecule has 2 aromatic carbocycles. The van der Waals surface area contributed by atoms with Crippen LogP contribution in [0.15, 0.2) is 67.3 Å². The maximum Gasteiger partial charge on any atom is 0.248 e. The Morgan fingerprint density at radius 3 is 2.14 bits per heavy atom. The van der Waals surface area contributed by atoms with Crippen molar-refractivity contribution in [2.75, 3.05) is 17.2 Å². The van der Waals surface area contributed by atoms with Crippen molar-refractivity contribution >= 4 is 39.3 Å². The second-order valence-electron chi connectivity index (χ2n) is 6.22. The number of hydrogen-bond donors (Lipinski definition) is 3. The molecule has 29 heavy (non-hydrogen) atoms. The molecule has 2 rings (SSSR count). The first-order valence-corrected chi connectivity index (χ1v) is 10.5. The molecule has 0 saturated heterocycles. The van der Waals surface area contributed by atoms with Gasteiger partial charge in [-0.1, -0.05) is 30.3 Å². The Morgan fingerprint density at radius 1 is 0.966 bits per heavy atom. The monoisotopic (exact) mass is 413 g/mol. The molecule has 0 atom stereocenters. The maximum atomic E-state index is 12.1. The highest BCUT2D eigenvalue weighted by Crippen LogP contribution is 2.13. The minimum absolute atomic E-state index is 0.149. The molecule has 2 aromatic rings. The van der Waals surface area contributed by atoms with Crippen molar-refractivity contribution in [1.82, 2.24) is 4.72 Å². The zero-order valence-corrected chi connectivity index (χ0v) is 16.8. The van der Waals surface area contributed by atoms with Gasteiger partial charge in [-0.3, -0.25) is 9.59 Å². The number of carbonyl (C=O) groups is 2. The molecular weight excluding hydrogens is 390 g/mol. The zero-order chi connectivity index (χ0) is 21.3. The van der Waals surface area contributed by atoms with Crippen molar-refractivity contribution in [2.45, 2.75) is 12.7 Å². The van der Waals surface area contributed by atoms with Crippen LogP contribution in [0, 0.1) is 0 Å². The fourth-order valence-electron chi connectivity index (χ4n) is 2.38. The van der Waals surface area contributed by atoms with Crippen molar-refractivity contribution in [3.05, 3.63) is 78.4 Å². The second kappa shape index (κ2) is 10.4. The van der Waals surface area contributed by atoms with E-state index in [1.165, 1.54) is 19.1 Å². The van der Waals surface area contributed by atoms with Gasteiger partial charge in [-0.15, -0.1) is 6.58 Å². The first kappa shape index (κ1) is 22.1. The summed E-state index contributed by atoms with van der Waals surface area (Å²) in [6.07, 6.45) is 4.52. The van der Waals surface area contributed by atoms with Crippen LogP contribution in [0.5, 0.6) is 0 Å². The van der Waals surface area contributed by atoms with Crippen LogP contribution in [0.25, 0.3) is 6.08 Å². The molecule has 0 spiro atoms. The summed E-state index contributed by atoms with van der Waals surface area (Å²) in [6.45, 7) is 5.08. The standard InChI is InChI=1S/C21H23N3O4S/c1-3-14-22-29(27,28)15-18-6-11-20(12-7-18)24-21(26)13-8-17-4-9-19(10-5-17)23-16(2)25/h3-13,22H,1,14-15H2,2H3,(H,23,25)(H,24,26)/b13-8+. The number of anilines is 2. The smallest absolute Gasteiger partial charge is 0.248 e. The summed E-state index contributed by atoms with van der Waals surface area (Å²) < 4.78 is 26.1. The van der Waals surface area contributed by atoms with Crippen LogP contribution in [-0.4, -0.2) is 26.8 Å². The van der Waals surface area contributed by atoms with Gasteiger partial charge in [0, 0.05) is 30.9 Å². The Labute approximate surface area is 170 Å². The molecule has 0 aromatic heterocycles. The predicted molar refractivity (Wildman–Crippen MR) is 116 cm³/mol. The van der Waals surface area contributed by atoms with E-state index >= 15 is 0 Å².